The van der Waals surface area contributed by atoms with Crippen molar-refractivity contribution in [1.82, 2.24) is 4.90 Å². The summed E-state index contributed by atoms with van der Waals surface area (Å²) in [5.41, 5.74) is 10.9. The van der Waals surface area contributed by atoms with Crippen LogP contribution in [-0.2, 0) is 0 Å². The maximum Gasteiger partial charge on any atom is 0.188 e. The number of piperidine rings is 1. The number of hydrogen-bond donors (Lipinski definition) is 3. The molecule has 0 radical (unpaired) electrons. The molecule has 64 valence electrons. The van der Waals surface area contributed by atoms with Crippen molar-refractivity contribution in [2.45, 2.75) is 12.8 Å². The van der Waals surface area contributed by atoms with Gasteiger partial charge >= 0.3 is 0 Å². The number of rotatable bonds is 1. The lowest BCUT2D eigenvalue weighted by molar-refractivity contribution is 0.260. The number of hydrogen-bond acceptors (Lipinski definition) is 2. The maximum absolute atomic E-state index is 7.22. The smallest absolute Gasteiger partial charge is 0.188 e. The third-order valence-corrected chi connectivity index (χ3v) is 2.19. The van der Waals surface area contributed by atoms with Crippen molar-refractivity contribution in [3.8, 4) is 0 Å². The van der Waals surface area contributed by atoms with Gasteiger partial charge in [-0.3, -0.25) is 5.41 Å². The summed E-state index contributed by atoms with van der Waals surface area (Å²) in [6.07, 6.45) is 2.29. The summed E-state index contributed by atoms with van der Waals surface area (Å²) in [6, 6.07) is 0. The lowest BCUT2D eigenvalue weighted by Crippen LogP contribution is -2.45. The Labute approximate surface area is 67.0 Å². The van der Waals surface area contributed by atoms with E-state index in [2.05, 4.69) is 0 Å². The molecule has 0 aromatic rings. The summed E-state index contributed by atoms with van der Waals surface area (Å²) in [5.74, 6) is 0.718. The fraction of sp³-hybridized carbons (Fsp3) is 0.857. The highest BCUT2D eigenvalue weighted by Crippen LogP contribution is 2.13. The first kappa shape index (κ1) is 8.33. The van der Waals surface area contributed by atoms with Gasteiger partial charge in [-0.15, -0.1) is 0 Å². The molecule has 1 heterocycles. The highest BCUT2D eigenvalue weighted by molar-refractivity contribution is 5.74. The Morgan fingerprint density at radius 1 is 1.64 bits per heavy atom. The van der Waals surface area contributed by atoms with Crippen LogP contribution in [0.15, 0.2) is 0 Å². The Balaban J connectivity index is 2.39. The van der Waals surface area contributed by atoms with E-state index in [9.17, 15) is 0 Å². The topological polar surface area (TPSA) is 79.1 Å². The van der Waals surface area contributed by atoms with Crippen LogP contribution in [-0.4, -0.2) is 30.5 Å². The Kier molecular flexibility index (Phi) is 2.70. The first-order chi connectivity index (χ1) is 5.24. The fourth-order valence-corrected chi connectivity index (χ4v) is 1.48. The fourth-order valence-electron chi connectivity index (χ4n) is 1.48. The molecular formula is C7H16N4. The molecule has 1 unspecified atom stereocenters. The molecule has 1 fully saturated rings. The quantitative estimate of drug-likeness (QED) is 0.355. The zero-order valence-electron chi connectivity index (χ0n) is 6.71. The lowest BCUT2D eigenvalue weighted by atomic mass is 9.99. The Morgan fingerprint density at radius 2 is 2.36 bits per heavy atom. The summed E-state index contributed by atoms with van der Waals surface area (Å²) in [6.45, 7) is 2.50. The van der Waals surface area contributed by atoms with E-state index in [1.807, 2.05) is 4.90 Å². The molecule has 0 aromatic heterocycles. The van der Waals surface area contributed by atoms with Crippen LogP contribution in [0.1, 0.15) is 12.8 Å². The van der Waals surface area contributed by atoms with Gasteiger partial charge in [-0.2, -0.15) is 0 Å². The number of guanidine groups is 1. The van der Waals surface area contributed by atoms with Crippen molar-refractivity contribution in [3.63, 3.8) is 0 Å². The van der Waals surface area contributed by atoms with Gasteiger partial charge in [0.1, 0.15) is 0 Å². The second-order valence-electron chi connectivity index (χ2n) is 3.08. The van der Waals surface area contributed by atoms with E-state index in [0.717, 1.165) is 19.5 Å². The van der Waals surface area contributed by atoms with Gasteiger partial charge in [0.05, 0.1) is 0 Å². The zero-order chi connectivity index (χ0) is 8.27. The van der Waals surface area contributed by atoms with E-state index in [1.165, 1.54) is 6.42 Å². The maximum atomic E-state index is 7.22. The minimum absolute atomic E-state index is 0.183. The van der Waals surface area contributed by atoms with Gasteiger partial charge in [0.25, 0.3) is 0 Å². The normalized spacial score (nSPS) is 25.2. The molecule has 0 spiro atoms. The van der Waals surface area contributed by atoms with E-state index >= 15 is 0 Å². The minimum atomic E-state index is 0.183. The first-order valence-electron chi connectivity index (χ1n) is 4.03. The molecule has 0 aromatic carbocycles. The number of likely N-dealkylation sites (tertiary alicyclic amines) is 1. The third-order valence-electron chi connectivity index (χ3n) is 2.19. The van der Waals surface area contributed by atoms with Gasteiger partial charge in [0.2, 0.25) is 0 Å². The number of nitrogens with zero attached hydrogens (tertiary/aromatic N) is 1. The minimum Gasteiger partial charge on any atom is -0.370 e. The predicted molar refractivity (Wildman–Crippen MR) is 45.3 cm³/mol. The number of nitrogens with two attached hydrogens (primary N) is 2. The highest BCUT2D eigenvalue weighted by atomic mass is 15.2. The molecule has 5 N–H and O–H groups in total. The van der Waals surface area contributed by atoms with Gasteiger partial charge in [-0.25, -0.2) is 0 Å². The van der Waals surface area contributed by atoms with Crippen molar-refractivity contribution in [2.24, 2.45) is 17.4 Å². The Morgan fingerprint density at radius 3 is 2.91 bits per heavy atom. The van der Waals surface area contributed by atoms with Crippen molar-refractivity contribution < 1.29 is 0 Å². The van der Waals surface area contributed by atoms with Gasteiger partial charge in [0, 0.05) is 13.1 Å². The van der Waals surface area contributed by atoms with Crippen LogP contribution in [0, 0.1) is 11.3 Å². The summed E-state index contributed by atoms with van der Waals surface area (Å²) in [4.78, 5) is 1.89. The standard InChI is InChI=1S/C7H16N4/c8-4-6-2-1-3-11(5-6)7(9)10/h6H,1-5,8H2,(H3,9,10). The van der Waals surface area contributed by atoms with Crippen molar-refractivity contribution in [2.75, 3.05) is 19.6 Å². The van der Waals surface area contributed by atoms with Crippen LogP contribution in [0.4, 0.5) is 0 Å². The Bertz CT molecular complexity index is 145. The molecule has 0 aliphatic carbocycles. The molecule has 4 nitrogen and oxygen atoms in total. The van der Waals surface area contributed by atoms with Crippen LogP contribution in [0.5, 0.6) is 0 Å². The summed E-state index contributed by atoms with van der Waals surface area (Å²) in [5, 5.41) is 7.22. The largest absolute Gasteiger partial charge is 0.370 e. The molecule has 0 amide bonds. The second-order valence-corrected chi connectivity index (χ2v) is 3.08. The van der Waals surface area contributed by atoms with Gasteiger partial charge in [-0.05, 0) is 25.3 Å². The molecule has 1 saturated heterocycles. The first-order valence-corrected chi connectivity index (χ1v) is 4.03. The van der Waals surface area contributed by atoms with Crippen molar-refractivity contribution >= 4 is 5.96 Å². The average Bonchev–Trinajstić information content (AvgIpc) is 2.05. The SMILES string of the molecule is N=C(N)N1CCCC(CN)C1. The van der Waals surface area contributed by atoms with E-state index in [1.54, 1.807) is 0 Å². The predicted octanol–water partition coefficient (Wildman–Crippen LogP) is -0.449. The van der Waals surface area contributed by atoms with Crippen LogP contribution < -0.4 is 11.5 Å². The van der Waals surface area contributed by atoms with Gasteiger partial charge < -0.3 is 16.4 Å². The van der Waals surface area contributed by atoms with Crippen LogP contribution in [0.25, 0.3) is 0 Å². The molecule has 1 aliphatic heterocycles. The van der Waals surface area contributed by atoms with Crippen LogP contribution in [0.2, 0.25) is 0 Å². The third kappa shape index (κ3) is 2.08. The van der Waals surface area contributed by atoms with Crippen LogP contribution >= 0.6 is 0 Å². The average molecular weight is 156 g/mol. The van der Waals surface area contributed by atoms with E-state index in [4.69, 9.17) is 16.9 Å². The number of nitrogens with one attached hydrogen (secondary N) is 1. The summed E-state index contributed by atoms with van der Waals surface area (Å²) < 4.78 is 0. The monoisotopic (exact) mass is 156 g/mol. The summed E-state index contributed by atoms with van der Waals surface area (Å²) >= 11 is 0. The van der Waals surface area contributed by atoms with E-state index in [0.29, 0.717) is 12.5 Å². The van der Waals surface area contributed by atoms with Crippen LogP contribution in [0.3, 0.4) is 0 Å². The lowest BCUT2D eigenvalue weighted by Gasteiger charge is -2.32. The molecule has 1 aliphatic rings. The Hall–Kier alpha value is -0.770. The molecule has 0 saturated carbocycles. The molecule has 1 rings (SSSR count). The second kappa shape index (κ2) is 3.57. The van der Waals surface area contributed by atoms with Gasteiger partial charge in [-0.1, -0.05) is 0 Å². The van der Waals surface area contributed by atoms with Crippen molar-refractivity contribution in [1.29, 1.82) is 5.41 Å². The zero-order valence-corrected chi connectivity index (χ0v) is 6.71. The molecule has 0 bridgehead atoms. The van der Waals surface area contributed by atoms with E-state index < -0.39 is 0 Å². The van der Waals surface area contributed by atoms with Crippen molar-refractivity contribution in [3.05, 3.63) is 0 Å². The molecule has 1 atom stereocenters. The van der Waals surface area contributed by atoms with Gasteiger partial charge in [0.15, 0.2) is 5.96 Å². The highest BCUT2D eigenvalue weighted by Gasteiger charge is 2.18. The molecule has 4 heteroatoms. The van der Waals surface area contributed by atoms with E-state index in [-0.39, 0.29) is 5.96 Å². The molecule has 11 heavy (non-hydrogen) atoms. The molecular weight excluding hydrogens is 140 g/mol. The summed E-state index contributed by atoms with van der Waals surface area (Å²) in [7, 11) is 0.